The Morgan fingerprint density at radius 3 is 0.887 bits per heavy atom. The first kappa shape index (κ1) is 46.0. The van der Waals surface area contributed by atoms with Gasteiger partial charge in [0.25, 0.3) is 16.6 Å². The van der Waals surface area contributed by atoms with Crippen molar-refractivity contribution in [2.24, 2.45) is 11.5 Å². The molecule has 0 aliphatic carbocycles. The lowest BCUT2D eigenvalue weighted by molar-refractivity contribution is -0.126. The quantitative estimate of drug-likeness (QED) is 0.0776. The predicted octanol–water partition coefficient (Wildman–Crippen LogP) is 6.51. The van der Waals surface area contributed by atoms with Crippen LogP contribution in [0.15, 0.2) is 182 Å². The zero-order valence-corrected chi connectivity index (χ0v) is 38.8. The maximum atomic E-state index is 14.4. The van der Waals surface area contributed by atoms with Gasteiger partial charge < -0.3 is 31.0 Å². The smallest absolute Gasteiger partial charge is 0.261 e. The van der Waals surface area contributed by atoms with Crippen LogP contribution in [0.5, 0.6) is 0 Å². The van der Waals surface area contributed by atoms with Gasteiger partial charge in [0, 0.05) is 0 Å². The van der Waals surface area contributed by atoms with Gasteiger partial charge in [0.2, 0.25) is 11.8 Å². The van der Waals surface area contributed by atoms with Crippen LogP contribution in [0, 0.1) is 0 Å². The molecule has 6 rings (SSSR count). The lowest BCUT2D eigenvalue weighted by Crippen LogP contribution is -2.67. The first-order valence-corrected chi connectivity index (χ1v) is 25.2. The molecule has 0 bridgehead atoms. The number of amides is 2. The average molecular weight is 863 g/mol. The summed E-state index contributed by atoms with van der Waals surface area (Å²) in [5.74, 6) is -0.822. The molecule has 0 saturated heterocycles. The van der Waals surface area contributed by atoms with Gasteiger partial charge in [-0.25, -0.2) is 0 Å². The summed E-state index contributed by atoms with van der Waals surface area (Å²) in [5, 5.41) is 10.2. The molecular formula is C52H62N4O4Si2. The molecule has 8 nitrogen and oxygen atoms in total. The monoisotopic (exact) mass is 862 g/mol. The molecule has 0 aliphatic heterocycles. The highest BCUT2D eigenvalue weighted by Gasteiger charge is 2.52. The largest absolute Gasteiger partial charge is 0.405 e. The maximum absolute atomic E-state index is 14.4. The van der Waals surface area contributed by atoms with Gasteiger partial charge in [-0.15, -0.1) is 0 Å². The molecule has 0 radical (unpaired) electrons. The minimum atomic E-state index is -2.99. The van der Waals surface area contributed by atoms with Gasteiger partial charge in [-0.1, -0.05) is 224 Å². The summed E-state index contributed by atoms with van der Waals surface area (Å²) in [4.78, 5) is 28.9. The summed E-state index contributed by atoms with van der Waals surface area (Å²) in [7, 11) is -5.98. The summed E-state index contributed by atoms with van der Waals surface area (Å²) in [6, 6.07) is 56.8. The number of benzene rings is 6. The number of rotatable bonds is 17. The Hall–Kier alpha value is -5.47. The Bertz CT molecular complexity index is 2060. The van der Waals surface area contributed by atoms with E-state index in [4.69, 9.17) is 20.3 Å². The molecule has 2 amide bonds. The Balaban J connectivity index is 1.28. The lowest BCUT2D eigenvalue weighted by Gasteiger charge is -2.43. The van der Waals surface area contributed by atoms with E-state index < -0.39 is 52.6 Å². The van der Waals surface area contributed by atoms with Crippen molar-refractivity contribution >= 4 is 49.2 Å². The summed E-state index contributed by atoms with van der Waals surface area (Å²) < 4.78 is 14.2. The molecule has 6 aromatic rings. The molecule has 62 heavy (non-hydrogen) atoms. The Morgan fingerprint density at radius 1 is 0.435 bits per heavy atom. The molecule has 6 aromatic carbocycles. The SMILES string of the molecule is CC(C)(C)[Si](OC[C@@H](N)C(=O)N[C@@H](c1ccccc1)[C@@H](NC(=O)[C@H](N)CO[Si](c1ccccc1)(c1ccccc1)C(C)(C)C)c1ccccc1)(c1ccccc1)c1ccccc1. The van der Waals surface area contributed by atoms with Gasteiger partial charge in [0.05, 0.1) is 25.3 Å². The van der Waals surface area contributed by atoms with Crippen molar-refractivity contribution in [3.05, 3.63) is 193 Å². The lowest BCUT2D eigenvalue weighted by atomic mass is 9.92. The minimum Gasteiger partial charge on any atom is -0.405 e. The second-order valence-electron chi connectivity index (χ2n) is 18.0. The molecule has 0 heterocycles. The predicted molar refractivity (Wildman–Crippen MR) is 258 cm³/mol. The van der Waals surface area contributed by atoms with Crippen molar-refractivity contribution in [2.75, 3.05) is 13.2 Å². The third kappa shape index (κ3) is 10.1. The van der Waals surface area contributed by atoms with Crippen LogP contribution in [-0.4, -0.2) is 53.7 Å². The maximum Gasteiger partial charge on any atom is 0.261 e. The van der Waals surface area contributed by atoms with Crippen LogP contribution in [0.25, 0.3) is 0 Å². The van der Waals surface area contributed by atoms with Crippen LogP contribution in [0.1, 0.15) is 64.8 Å². The van der Waals surface area contributed by atoms with Crippen LogP contribution in [0.4, 0.5) is 0 Å². The molecule has 0 aliphatic rings. The topological polar surface area (TPSA) is 129 Å². The van der Waals surface area contributed by atoms with Crippen LogP contribution in [0.2, 0.25) is 10.1 Å². The summed E-state index contributed by atoms with van der Waals surface area (Å²) in [6.45, 7) is 13.1. The second kappa shape index (κ2) is 20.1. The molecule has 10 heteroatoms. The van der Waals surface area contributed by atoms with E-state index in [1.165, 1.54) is 0 Å². The third-order valence-corrected chi connectivity index (χ3v) is 21.7. The number of nitrogens with two attached hydrogens (primary N) is 2. The van der Waals surface area contributed by atoms with Crippen molar-refractivity contribution in [3.63, 3.8) is 0 Å². The number of carbonyl (C=O) groups excluding carboxylic acids is 2. The standard InChI is InChI=1S/C52H62N4O4Si2/c1-51(2,3)61(41-29-17-9-18-30-41,42-31-19-10-20-32-42)59-37-45(53)49(57)55-47(39-25-13-7-14-26-39)48(40-27-15-8-16-28-40)56-50(58)46(54)38-60-62(52(4,5)6,43-33-21-11-22-34-43)44-35-23-12-24-36-44/h7-36,45-48H,37-38,53-54H2,1-6H3,(H,55,57)(H,56,58)/t45-,46-,47+,48+/m1/s1. The van der Waals surface area contributed by atoms with E-state index in [1.807, 2.05) is 133 Å². The van der Waals surface area contributed by atoms with Crippen LogP contribution < -0.4 is 42.8 Å². The minimum absolute atomic E-state index is 0.0204. The molecule has 0 fully saturated rings. The van der Waals surface area contributed by atoms with E-state index in [9.17, 15) is 9.59 Å². The average Bonchev–Trinajstić information content (AvgIpc) is 3.28. The van der Waals surface area contributed by atoms with Crippen LogP contribution in [-0.2, 0) is 18.4 Å². The van der Waals surface area contributed by atoms with Gasteiger partial charge in [0.1, 0.15) is 12.1 Å². The third-order valence-electron chi connectivity index (χ3n) is 11.7. The van der Waals surface area contributed by atoms with Crippen molar-refractivity contribution < 1.29 is 18.4 Å². The highest BCUT2D eigenvalue weighted by atomic mass is 28.4. The highest BCUT2D eigenvalue weighted by Crippen LogP contribution is 2.38. The zero-order valence-electron chi connectivity index (χ0n) is 36.8. The van der Waals surface area contributed by atoms with E-state index in [0.29, 0.717) is 0 Å². The molecule has 0 spiro atoms. The number of carbonyl (C=O) groups is 2. The fourth-order valence-corrected chi connectivity index (χ4v) is 17.8. The molecule has 0 saturated carbocycles. The Morgan fingerprint density at radius 2 is 0.661 bits per heavy atom. The summed E-state index contributed by atoms with van der Waals surface area (Å²) in [6.07, 6.45) is 0. The fourth-order valence-electron chi connectivity index (χ4n) is 8.66. The number of nitrogens with one attached hydrogen (secondary N) is 2. The zero-order chi connectivity index (χ0) is 44.4. The van der Waals surface area contributed by atoms with Crippen molar-refractivity contribution in [3.8, 4) is 0 Å². The number of hydrogen-bond acceptors (Lipinski definition) is 6. The van der Waals surface area contributed by atoms with Gasteiger partial charge >= 0.3 is 0 Å². The Kier molecular flexibility index (Phi) is 15.0. The van der Waals surface area contributed by atoms with Gasteiger partial charge in [-0.2, -0.15) is 0 Å². The fraction of sp³-hybridized carbons (Fsp3) is 0.269. The van der Waals surface area contributed by atoms with E-state index in [2.05, 4.69) is 101 Å². The molecule has 4 atom stereocenters. The van der Waals surface area contributed by atoms with Crippen molar-refractivity contribution in [1.82, 2.24) is 10.6 Å². The van der Waals surface area contributed by atoms with Crippen LogP contribution in [0.3, 0.4) is 0 Å². The van der Waals surface area contributed by atoms with E-state index in [0.717, 1.165) is 31.9 Å². The molecule has 322 valence electrons. The van der Waals surface area contributed by atoms with E-state index in [-0.39, 0.29) is 23.3 Å². The second-order valence-corrected chi connectivity index (χ2v) is 26.6. The van der Waals surface area contributed by atoms with Crippen LogP contribution >= 0.6 is 0 Å². The first-order valence-electron chi connectivity index (χ1n) is 21.4. The molecule has 6 N–H and O–H groups in total. The first-order chi connectivity index (χ1) is 29.7. The van der Waals surface area contributed by atoms with Gasteiger partial charge in [-0.3, -0.25) is 9.59 Å². The normalized spacial score (nSPS) is 14.3. The number of hydrogen-bond donors (Lipinski definition) is 4. The van der Waals surface area contributed by atoms with E-state index in [1.54, 1.807) is 0 Å². The van der Waals surface area contributed by atoms with E-state index >= 15 is 0 Å². The molecule has 0 unspecified atom stereocenters. The van der Waals surface area contributed by atoms with Crippen molar-refractivity contribution in [2.45, 2.75) is 75.8 Å². The van der Waals surface area contributed by atoms with Gasteiger partial charge in [-0.05, 0) is 42.0 Å². The summed E-state index contributed by atoms with van der Waals surface area (Å²) >= 11 is 0. The molecular weight excluding hydrogens is 801 g/mol. The highest BCUT2D eigenvalue weighted by molar-refractivity contribution is 7.00. The van der Waals surface area contributed by atoms with Crippen molar-refractivity contribution in [1.29, 1.82) is 0 Å². The van der Waals surface area contributed by atoms with Gasteiger partial charge in [0.15, 0.2) is 0 Å². The summed E-state index contributed by atoms with van der Waals surface area (Å²) in [5.41, 5.74) is 15.2. The Labute approximate surface area is 370 Å². The molecule has 0 aromatic heterocycles.